The third kappa shape index (κ3) is 2.70. The van der Waals surface area contributed by atoms with Gasteiger partial charge in [0, 0.05) is 13.0 Å². The van der Waals surface area contributed by atoms with E-state index in [1.54, 1.807) is 7.11 Å². The van der Waals surface area contributed by atoms with E-state index in [0.29, 0.717) is 0 Å². The second-order valence-electron chi connectivity index (χ2n) is 2.97. The second kappa shape index (κ2) is 4.99. The predicted molar refractivity (Wildman–Crippen MR) is 48.7 cm³/mol. The van der Waals surface area contributed by atoms with Crippen LogP contribution in [0.2, 0.25) is 0 Å². The van der Waals surface area contributed by atoms with Gasteiger partial charge in [0.15, 0.2) is 0 Å². The van der Waals surface area contributed by atoms with E-state index in [-0.39, 0.29) is 6.61 Å². The van der Waals surface area contributed by atoms with Crippen molar-refractivity contribution in [1.29, 1.82) is 0 Å². The van der Waals surface area contributed by atoms with E-state index in [9.17, 15) is 0 Å². The SMILES string of the molecule is COC1=CCC(CCCO)=CC1. The van der Waals surface area contributed by atoms with Crippen molar-refractivity contribution in [3.63, 3.8) is 0 Å². The number of hydrogen-bond donors (Lipinski definition) is 1. The molecular weight excluding hydrogens is 152 g/mol. The Morgan fingerprint density at radius 3 is 2.75 bits per heavy atom. The molecule has 68 valence electrons. The van der Waals surface area contributed by atoms with Gasteiger partial charge in [0.2, 0.25) is 0 Å². The molecule has 0 aromatic rings. The van der Waals surface area contributed by atoms with Gasteiger partial charge in [-0.15, -0.1) is 0 Å². The summed E-state index contributed by atoms with van der Waals surface area (Å²) in [5.41, 5.74) is 1.42. The molecule has 0 aromatic carbocycles. The Hall–Kier alpha value is -0.760. The van der Waals surface area contributed by atoms with Crippen LogP contribution in [0.3, 0.4) is 0 Å². The Bertz CT molecular complexity index is 192. The zero-order valence-corrected chi connectivity index (χ0v) is 7.55. The maximum absolute atomic E-state index is 8.63. The van der Waals surface area contributed by atoms with Gasteiger partial charge in [0.25, 0.3) is 0 Å². The molecule has 0 amide bonds. The van der Waals surface area contributed by atoms with E-state index in [1.165, 1.54) is 5.57 Å². The second-order valence-corrected chi connectivity index (χ2v) is 2.97. The summed E-state index contributed by atoms with van der Waals surface area (Å²) in [6.45, 7) is 0.290. The largest absolute Gasteiger partial charge is 0.501 e. The number of rotatable bonds is 4. The van der Waals surface area contributed by atoms with Crippen LogP contribution in [0.5, 0.6) is 0 Å². The van der Waals surface area contributed by atoms with Crippen LogP contribution in [-0.2, 0) is 4.74 Å². The van der Waals surface area contributed by atoms with Crippen molar-refractivity contribution >= 4 is 0 Å². The third-order valence-corrected chi connectivity index (χ3v) is 2.10. The average molecular weight is 168 g/mol. The highest BCUT2D eigenvalue weighted by atomic mass is 16.5. The van der Waals surface area contributed by atoms with Crippen LogP contribution >= 0.6 is 0 Å². The molecule has 0 radical (unpaired) electrons. The van der Waals surface area contributed by atoms with Gasteiger partial charge < -0.3 is 9.84 Å². The van der Waals surface area contributed by atoms with Gasteiger partial charge in [0.05, 0.1) is 12.9 Å². The fourth-order valence-corrected chi connectivity index (χ4v) is 1.33. The van der Waals surface area contributed by atoms with E-state index in [4.69, 9.17) is 9.84 Å². The number of aliphatic hydroxyl groups is 1. The summed E-state index contributed by atoms with van der Waals surface area (Å²) in [4.78, 5) is 0. The number of aliphatic hydroxyl groups excluding tert-OH is 1. The highest BCUT2D eigenvalue weighted by Crippen LogP contribution is 2.20. The van der Waals surface area contributed by atoms with Crippen molar-refractivity contribution in [3.8, 4) is 0 Å². The van der Waals surface area contributed by atoms with E-state index in [2.05, 4.69) is 12.2 Å². The quantitative estimate of drug-likeness (QED) is 0.651. The molecule has 0 saturated heterocycles. The van der Waals surface area contributed by atoms with Crippen LogP contribution in [0.4, 0.5) is 0 Å². The lowest BCUT2D eigenvalue weighted by molar-refractivity contribution is 0.279. The standard InChI is InChI=1S/C10H16O2/c1-12-10-6-4-9(5-7-10)3-2-8-11/h4,7,11H,2-3,5-6,8H2,1H3. The first-order valence-corrected chi connectivity index (χ1v) is 4.38. The van der Waals surface area contributed by atoms with Gasteiger partial charge in [-0.2, -0.15) is 0 Å². The van der Waals surface area contributed by atoms with Gasteiger partial charge in [-0.25, -0.2) is 0 Å². The van der Waals surface area contributed by atoms with Crippen molar-refractivity contribution in [2.45, 2.75) is 25.7 Å². The molecule has 1 N–H and O–H groups in total. The van der Waals surface area contributed by atoms with Gasteiger partial charge >= 0.3 is 0 Å². The minimum atomic E-state index is 0.290. The summed E-state index contributed by atoms with van der Waals surface area (Å²) < 4.78 is 5.11. The normalized spacial score (nSPS) is 16.8. The van der Waals surface area contributed by atoms with Crippen LogP contribution in [-0.4, -0.2) is 18.8 Å². The molecule has 2 heteroatoms. The van der Waals surface area contributed by atoms with Crippen molar-refractivity contribution in [1.82, 2.24) is 0 Å². The Kier molecular flexibility index (Phi) is 3.88. The first-order chi connectivity index (χ1) is 5.86. The molecule has 0 bridgehead atoms. The number of hydrogen-bond acceptors (Lipinski definition) is 2. The summed E-state index contributed by atoms with van der Waals surface area (Å²) in [5, 5.41) is 8.63. The lowest BCUT2D eigenvalue weighted by Gasteiger charge is -2.12. The molecule has 1 aliphatic rings. The minimum Gasteiger partial charge on any atom is -0.501 e. The molecule has 0 unspecified atom stereocenters. The first kappa shape index (κ1) is 9.33. The van der Waals surface area contributed by atoms with E-state index in [0.717, 1.165) is 31.4 Å². The fourth-order valence-electron chi connectivity index (χ4n) is 1.33. The lowest BCUT2D eigenvalue weighted by Crippen LogP contribution is -1.95. The van der Waals surface area contributed by atoms with Crippen LogP contribution < -0.4 is 0 Å². The van der Waals surface area contributed by atoms with Crippen LogP contribution in [0.15, 0.2) is 23.5 Å². The topological polar surface area (TPSA) is 29.5 Å². The Balaban J connectivity index is 2.29. The molecular formula is C10H16O2. The summed E-state index contributed by atoms with van der Waals surface area (Å²) in [5.74, 6) is 1.06. The summed E-state index contributed by atoms with van der Waals surface area (Å²) in [6, 6.07) is 0. The lowest BCUT2D eigenvalue weighted by atomic mass is 10.0. The number of methoxy groups -OCH3 is 1. The van der Waals surface area contributed by atoms with E-state index >= 15 is 0 Å². The van der Waals surface area contributed by atoms with Crippen molar-refractivity contribution < 1.29 is 9.84 Å². The van der Waals surface area contributed by atoms with Crippen LogP contribution in [0.25, 0.3) is 0 Å². The molecule has 12 heavy (non-hydrogen) atoms. The molecule has 2 nitrogen and oxygen atoms in total. The van der Waals surface area contributed by atoms with Gasteiger partial charge in [-0.3, -0.25) is 0 Å². The van der Waals surface area contributed by atoms with Gasteiger partial charge in [-0.05, 0) is 25.3 Å². The van der Waals surface area contributed by atoms with E-state index in [1.807, 2.05) is 0 Å². The molecule has 1 rings (SSSR count). The van der Waals surface area contributed by atoms with Crippen LogP contribution in [0, 0.1) is 0 Å². The molecule has 0 heterocycles. The molecule has 0 atom stereocenters. The number of allylic oxidation sites excluding steroid dienone is 3. The minimum absolute atomic E-state index is 0.290. The average Bonchev–Trinajstić information content (AvgIpc) is 2.15. The smallest absolute Gasteiger partial charge is 0.0956 e. The molecule has 0 spiro atoms. The molecule has 0 aromatic heterocycles. The zero-order chi connectivity index (χ0) is 8.81. The molecule has 0 saturated carbocycles. The highest BCUT2D eigenvalue weighted by Gasteiger charge is 2.04. The Labute approximate surface area is 73.5 Å². The summed E-state index contributed by atoms with van der Waals surface area (Å²) in [6.07, 6.45) is 8.12. The Morgan fingerprint density at radius 2 is 2.25 bits per heavy atom. The van der Waals surface area contributed by atoms with E-state index < -0.39 is 0 Å². The number of ether oxygens (including phenoxy) is 1. The van der Waals surface area contributed by atoms with Crippen LogP contribution in [0.1, 0.15) is 25.7 Å². The van der Waals surface area contributed by atoms with Gasteiger partial charge in [-0.1, -0.05) is 11.6 Å². The maximum Gasteiger partial charge on any atom is 0.0956 e. The first-order valence-electron chi connectivity index (χ1n) is 4.38. The van der Waals surface area contributed by atoms with Crippen molar-refractivity contribution in [2.75, 3.05) is 13.7 Å². The summed E-state index contributed by atoms with van der Waals surface area (Å²) in [7, 11) is 1.71. The van der Waals surface area contributed by atoms with Gasteiger partial charge in [0.1, 0.15) is 0 Å². The van der Waals surface area contributed by atoms with Crippen molar-refractivity contribution in [2.24, 2.45) is 0 Å². The predicted octanol–water partition coefficient (Wildman–Crippen LogP) is 2.01. The highest BCUT2D eigenvalue weighted by molar-refractivity contribution is 5.18. The zero-order valence-electron chi connectivity index (χ0n) is 7.55. The molecule has 1 aliphatic carbocycles. The van der Waals surface area contributed by atoms with Crippen molar-refractivity contribution in [3.05, 3.63) is 23.5 Å². The molecule has 0 fully saturated rings. The summed E-state index contributed by atoms with van der Waals surface area (Å²) >= 11 is 0. The maximum atomic E-state index is 8.63. The monoisotopic (exact) mass is 168 g/mol. The Morgan fingerprint density at radius 1 is 1.42 bits per heavy atom. The molecule has 0 aliphatic heterocycles. The third-order valence-electron chi connectivity index (χ3n) is 2.10. The fraction of sp³-hybridized carbons (Fsp3) is 0.600.